The molecular formula is C18H14O. The first-order chi connectivity index (χ1) is 9.24. The molecule has 0 fully saturated rings. The summed E-state index contributed by atoms with van der Waals surface area (Å²) in [6.45, 7) is 5.76. The van der Waals surface area contributed by atoms with Crippen LogP contribution in [0, 0.1) is 11.8 Å². The largest absolute Gasteiger partial charge is 0.279 e. The van der Waals surface area contributed by atoms with Gasteiger partial charge in [-0.1, -0.05) is 61.0 Å². The van der Waals surface area contributed by atoms with Gasteiger partial charge in [-0.05, 0) is 35.6 Å². The molecule has 0 aliphatic carbocycles. The molecule has 0 saturated heterocycles. The molecule has 0 aliphatic heterocycles. The molecule has 2 rings (SSSR count). The van der Waals surface area contributed by atoms with Gasteiger partial charge in [0.1, 0.15) is 0 Å². The summed E-state index contributed by atoms with van der Waals surface area (Å²) in [7, 11) is 0. The fraction of sp³-hybridized carbons (Fsp3) is 0.0556. The molecule has 0 aromatic heterocycles. The third kappa shape index (κ3) is 2.81. The monoisotopic (exact) mass is 246 g/mol. The van der Waals surface area contributed by atoms with Gasteiger partial charge in [-0.3, -0.25) is 4.79 Å². The highest BCUT2D eigenvalue weighted by atomic mass is 16.1. The minimum Gasteiger partial charge on any atom is -0.279 e. The van der Waals surface area contributed by atoms with Crippen LogP contribution >= 0.6 is 0 Å². The van der Waals surface area contributed by atoms with Crippen molar-refractivity contribution in [1.82, 2.24) is 0 Å². The zero-order chi connectivity index (χ0) is 13.7. The lowest BCUT2D eigenvalue weighted by molar-refractivity contribution is 0.105. The van der Waals surface area contributed by atoms with E-state index in [1.807, 2.05) is 48.5 Å². The molecule has 0 bridgehead atoms. The van der Waals surface area contributed by atoms with Crippen molar-refractivity contribution in [3.8, 4) is 11.8 Å². The third-order valence-corrected chi connectivity index (χ3v) is 2.86. The van der Waals surface area contributed by atoms with Gasteiger partial charge in [0.25, 0.3) is 0 Å². The highest BCUT2D eigenvalue weighted by Crippen LogP contribution is 2.24. The smallest absolute Gasteiger partial charge is 0.236 e. The fourth-order valence-electron chi connectivity index (χ4n) is 1.92. The minimum absolute atomic E-state index is 0.171. The lowest BCUT2D eigenvalue weighted by atomic mass is 9.93. The molecular weight excluding hydrogens is 232 g/mol. The molecule has 0 atom stereocenters. The van der Waals surface area contributed by atoms with Crippen molar-refractivity contribution in [2.24, 2.45) is 0 Å². The Morgan fingerprint density at radius 3 is 2.16 bits per heavy atom. The lowest BCUT2D eigenvalue weighted by Gasteiger charge is -2.09. The van der Waals surface area contributed by atoms with E-state index in [1.54, 1.807) is 13.0 Å². The number of hydrogen-bond donors (Lipinski definition) is 0. The second-order valence-electron chi connectivity index (χ2n) is 4.09. The average molecular weight is 246 g/mol. The number of carbonyl (C=O) groups excluding carboxylic acids is 1. The summed E-state index contributed by atoms with van der Waals surface area (Å²) in [6, 6.07) is 17.3. The molecule has 0 N–H and O–H groups in total. The summed E-state index contributed by atoms with van der Waals surface area (Å²) in [5.41, 5.74) is 3.28. The zero-order valence-electron chi connectivity index (χ0n) is 10.8. The zero-order valence-corrected chi connectivity index (χ0v) is 10.8. The average Bonchev–Trinajstić information content (AvgIpc) is 2.47. The van der Waals surface area contributed by atoms with E-state index >= 15 is 0 Å². The Labute approximate surface area is 113 Å². The Hall–Kier alpha value is -2.59. The van der Waals surface area contributed by atoms with E-state index in [9.17, 15) is 4.79 Å². The topological polar surface area (TPSA) is 17.1 Å². The molecule has 19 heavy (non-hydrogen) atoms. The lowest BCUT2D eigenvalue weighted by Crippen LogP contribution is -2.01. The van der Waals surface area contributed by atoms with E-state index in [2.05, 4.69) is 18.4 Å². The van der Waals surface area contributed by atoms with Gasteiger partial charge in [-0.15, -0.1) is 0 Å². The Kier molecular flexibility index (Phi) is 3.95. The maximum Gasteiger partial charge on any atom is 0.236 e. The standard InChI is InChI=1S/C18H14O/c1-3-9-18(19)17-13-8-7-12-16(17)14(2)15-10-5-4-6-11-15/h4-8,10-13H,2H2,1H3. The van der Waals surface area contributed by atoms with Crippen LogP contribution in [-0.2, 0) is 0 Å². The predicted octanol–water partition coefficient (Wildman–Crippen LogP) is 3.95. The van der Waals surface area contributed by atoms with Crippen LogP contribution in [0.4, 0.5) is 0 Å². The maximum atomic E-state index is 12.0. The van der Waals surface area contributed by atoms with Crippen molar-refractivity contribution in [3.05, 3.63) is 77.9 Å². The number of hydrogen-bond acceptors (Lipinski definition) is 1. The van der Waals surface area contributed by atoms with E-state index in [1.165, 1.54) is 0 Å². The first-order valence-electron chi connectivity index (χ1n) is 6.05. The number of rotatable bonds is 3. The maximum absolute atomic E-state index is 12.0. The Morgan fingerprint density at radius 1 is 0.947 bits per heavy atom. The van der Waals surface area contributed by atoms with Crippen LogP contribution in [0.25, 0.3) is 5.57 Å². The fourth-order valence-corrected chi connectivity index (χ4v) is 1.92. The molecule has 2 aromatic rings. The quantitative estimate of drug-likeness (QED) is 0.455. The van der Waals surface area contributed by atoms with Crippen molar-refractivity contribution in [2.45, 2.75) is 6.92 Å². The van der Waals surface area contributed by atoms with Crippen LogP contribution in [0.5, 0.6) is 0 Å². The molecule has 0 spiro atoms. The van der Waals surface area contributed by atoms with E-state index in [4.69, 9.17) is 0 Å². The van der Waals surface area contributed by atoms with E-state index in [0.29, 0.717) is 5.56 Å². The highest BCUT2D eigenvalue weighted by Gasteiger charge is 2.11. The van der Waals surface area contributed by atoms with Crippen LogP contribution in [0.15, 0.2) is 61.2 Å². The summed E-state index contributed by atoms with van der Waals surface area (Å²) < 4.78 is 0. The van der Waals surface area contributed by atoms with Crippen molar-refractivity contribution < 1.29 is 4.79 Å². The van der Waals surface area contributed by atoms with Crippen molar-refractivity contribution in [3.63, 3.8) is 0 Å². The van der Waals surface area contributed by atoms with E-state index < -0.39 is 0 Å². The van der Waals surface area contributed by atoms with Crippen LogP contribution in [0.1, 0.15) is 28.4 Å². The third-order valence-electron chi connectivity index (χ3n) is 2.86. The SMILES string of the molecule is C=C(c1ccccc1)c1ccccc1C(=O)C#CC. The van der Waals surface area contributed by atoms with Crippen LogP contribution in [0.3, 0.4) is 0 Å². The first kappa shape index (κ1) is 12.9. The molecule has 0 saturated carbocycles. The summed E-state index contributed by atoms with van der Waals surface area (Å²) in [4.78, 5) is 12.0. The van der Waals surface area contributed by atoms with Crippen LogP contribution in [0.2, 0.25) is 0 Å². The van der Waals surface area contributed by atoms with Gasteiger partial charge >= 0.3 is 0 Å². The summed E-state index contributed by atoms with van der Waals surface area (Å²) >= 11 is 0. The van der Waals surface area contributed by atoms with Crippen molar-refractivity contribution in [2.75, 3.05) is 0 Å². The molecule has 2 aromatic carbocycles. The summed E-state index contributed by atoms with van der Waals surface area (Å²) in [6.07, 6.45) is 0. The van der Waals surface area contributed by atoms with Gasteiger partial charge < -0.3 is 0 Å². The Morgan fingerprint density at radius 2 is 1.53 bits per heavy atom. The Balaban J connectivity index is 2.48. The van der Waals surface area contributed by atoms with Gasteiger partial charge in [0.2, 0.25) is 5.78 Å². The predicted molar refractivity (Wildman–Crippen MR) is 78.8 cm³/mol. The van der Waals surface area contributed by atoms with Gasteiger partial charge in [0.15, 0.2) is 0 Å². The minimum atomic E-state index is -0.171. The molecule has 0 aliphatic rings. The number of benzene rings is 2. The molecule has 0 heterocycles. The Bertz CT molecular complexity index is 670. The van der Waals surface area contributed by atoms with Gasteiger partial charge in [0.05, 0.1) is 0 Å². The summed E-state index contributed by atoms with van der Waals surface area (Å²) in [5.74, 6) is 5.05. The van der Waals surface area contributed by atoms with Crippen molar-refractivity contribution >= 4 is 11.4 Å². The number of carbonyl (C=O) groups is 1. The number of ketones is 1. The second kappa shape index (κ2) is 5.84. The van der Waals surface area contributed by atoms with Gasteiger partial charge in [-0.2, -0.15) is 0 Å². The first-order valence-corrected chi connectivity index (χ1v) is 6.05. The highest BCUT2D eigenvalue weighted by molar-refractivity contribution is 6.12. The van der Waals surface area contributed by atoms with Crippen LogP contribution < -0.4 is 0 Å². The molecule has 0 amide bonds. The van der Waals surface area contributed by atoms with Gasteiger partial charge in [-0.25, -0.2) is 0 Å². The molecule has 1 heteroatoms. The van der Waals surface area contributed by atoms with E-state index in [0.717, 1.165) is 16.7 Å². The van der Waals surface area contributed by atoms with Crippen LogP contribution in [-0.4, -0.2) is 5.78 Å². The molecule has 92 valence electrons. The molecule has 1 nitrogen and oxygen atoms in total. The van der Waals surface area contributed by atoms with Gasteiger partial charge in [0, 0.05) is 5.56 Å². The van der Waals surface area contributed by atoms with E-state index in [-0.39, 0.29) is 5.78 Å². The second-order valence-corrected chi connectivity index (χ2v) is 4.09. The number of Topliss-reactive ketones (excluding diaryl/α,β-unsaturated/α-hetero) is 1. The normalized spacial score (nSPS) is 9.32. The molecule has 0 radical (unpaired) electrons. The van der Waals surface area contributed by atoms with Crippen molar-refractivity contribution in [1.29, 1.82) is 0 Å². The summed E-state index contributed by atoms with van der Waals surface area (Å²) in [5, 5.41) is 0. The molecule has 0 unspecified atom stereocenters.